The van der Waals surface area contributed by atoms with E-state index in [0.717, 1.165) is 23.9 Å². The third kappa shape index (κ3) is 5.07. The number of pyridine rings is 1. The predicted molar refractivity (Wildman–Crippen MR) is 86.7 cm³/mol. The van der Waals surface area contributed by atoms with Crippen molar-refractivity contribution in [1.82, 2.24) is 4.98 Å². The number of nitro groups is 1. The Labute approximate surface area is 148 Å². The maximum Gasteiger partial charge on any atom is 0.418 e. The quantitative estimate of drug-likeness (QED) is 0.464. The zero-order valence-electron chi connectivity index (χ0n) is 12.2. The first-order chi connectivity index (χ1) is 11.7. The van der Waals surface area contributed by atoms with Crippen LogP contribution in [-0.4, -0.2) is 21.6 Å². The number of carbonyl (C=O) groups is 1. The summed E-state index contributed by atoms with van der Waals surface area (Å²) in [4.78, 5) is 25.5. The van der Waals surface area contributed by atoms with Crippen molar-refractivity contribution in [3.05, 3.63) is 57.2 Å². The Hall–Kier alpha value is -2.33. The van der Waals surface area contributed by atoms with Crippen LogP contribution in [0.1, 0.15) is 5.56 Å². The van der Waals surface area contributed by atoms with E-state index in [9.17, 15) is 28.1 Å². The van der Waals surface area contributed by atoms with Crippen LogP contribution in [0.3, 0.4) is 0 Å². The van der Waals surface area contributed by atoms with E-state index in [1.807, 2.05) is 0 Å². The molecule has 25 heavy (non-hydrogen) atoms. The molecule has 0 radical (unpaired) electrons. The highest BCUT2D eigenvalue weighted by atomic mass is 35.5. The average molecular weight is 392 g/mol. The molecule has 0 unspecified atom stereocenters. The van der Waals surface area contributed by atoms with Gasteiger partial charge in [0.2, 0.25) is 5.91 Å². The Morgan fingerprint density at radius 1 is 1.36 bits per heavy atom. The summed E-state index contributed by atoms with van der Waals surface area (Å²) < 4.78 is 39.1. The van der Waals surface area contributed by atoms with Crippen molar-refractivity contribution in [3.63, 3.8) is 0 Å². The number of hydrogen-bond acceptors (Lipinski definition) is 5. The summed E-state index contributed by atoms with van der Waals surface area (Å²) in [5.41, 5.74) is -2.58. The lowest BCUT2D eigenvalue weighted by Crippen LogP contribution is -2.18. The SMILES string of the molecule is O=C(CSc1ncccc1Cl)Nc1ccc([N+](=O)[O-])cc1C(F)(F)F. The number of hydrogen-bond donors (Lipinski definition) is 1. The van der Waals surface area contributed by atoms with Gasteiger partial charge in [0.15, 0.2) is 0 Å². The van der Waals surface area contributed by atoms with Crippen LogP contribution in [-0.2, 0) is 11.0 Å². The predicted octanol–water partition coefficient (Wildman–Crippen LogP) is 4.39. The Bertz CT molecular complexity index is 817. The highest BCUT2D eigenvalue weighted by Gasteiger charge is 2.35. The maximum atomic E-state index is 13.0. The molecule has 1 aromatic carbocycles. The van der Waals surface area contributed by atoms with Crippen LogP contribution in [0, 0.1) is 10.1 Å². The Balaban J connectivity index is 2.15. The molecule has 0 saturated heterocycles. The second-order valence-corrected chi connectivity index (χ2v) is 5.98. The lowest BCUT2D eigenvalue weighted by Gasteiger charge is -2.13. The molecule has 0 aliphatic carbocycles. The van der Waals surface area contributed by atoms with Crippen molar-refractivity contribution in [1.29, 1.82) is 0 Å². The van der Waals surface area contributed by atoms with Crippen LogP contribution in [0.25, 0.3) is 0 Å². The van der Waals surface area contributed by atoms with E-state index in [4.69, 9.17) is 11.6 Å². The first kappa shape index (κ1) is 19.0. The number of rotatable bonds is 5. The van der Waals surface area contributed by atoms with Crippen LogP contribution >= 0.6 is 23.4 Å². The number of thioether (sulfide) groups is 1. The van der Waals surface area contributed by atoms with Crippen molar-refractivity contribution in [2.75, 3.05) is 11.1 Å². The smallest absolute Gasteiger partial charge is 0.325 e. The van der Waals surface area contributed by atoms with E-state index in [1.165, 1.54) is 6.20 Å². The molecular weight excluding hydrogens is 383 g/mol. The van der Waals surface area contributed by atoms with Gasteiger partial charge >= 0.3 is 6.18 Å². The van der Waals surface area contributed by atoms with E-state index in [2.05, 4.69) is 10.3 Å². The topological polar surface area (TPSA) is 85.1 Å². The Morgan fingerprint density at radius 3 is 2.68 bits per heavy atom. The van der Waals surface area contributed by atoms with Crippen LogP contribution in [0.2, 0.25) is 5.02 Å². The third-order valence-electron chi connectivity index (χ3n) is 2.86. The molecule has 0 bridgehead atoms. The minimum Gasteiger partial charge on any atom is -0.325 e. The largest absolute Gasteiger partial charge is 0.418 e. The van der Waals surface area contributed by atoms with E-state index in [1.54, 1.807) is 12.1 Å². The van der Waals surface area contributed by atoms with Gasteiger partial charge in [0.25, 0.3) is 5.69 Å². The number of nitrogens with zero attached hydrogens (tertiary/aromatic N) is 2. The van der Waals surface area contributed by atoms with Gasteiger partial charge in [-0.1, -0.05) is 23.4 Å². The van der Waals surface area contributed by atoms with Gasteiger partial charge in [-0.2, -0.15) is 13.2 Å². The lowest BCUT2D eigenvalue weighted by molar-refractivity contribution is -0.385. The summed E-state index contributed by atoms with van der Waals surface area (Å²) in [6, 6.07) is 5.26. The molecule has 0 fully saturated rings. The van der Waals surface area contributed by atoms with Gasteiger partial charge in [-0.15, -0.1) is 0 Å². The monoisotopic (exact) mass is 391 g/mol. The molecule has 11 heteroatoms. The Morgan fingerprint density at radius 2 is 2.08 bits per heavy atom. The summed E-state index contributed by atoms with van der Waals surface area (Å²) in [6.45, 7) is 0. The minimum atomic E-state index is -4.86. The summed E-state index contributed by atoms with van der Waals surface area (Å²) >= 11 is 6.82. The summed E-state index contributed by atoms with van der Waals surface area (Å²) in [7, 11) is 0. The van der Waals surface area contributed by atoms with Crippen molar-refractivity contribution in [3.8, 4) is 0 Å². The molecule has 132 valence electrons. The van der Waals surface area contributed by atoms with E-state index >= 15 is 0 Å². The fourth-order valence-electron chi connectivity index (χ4n) is 1.79. The zero-order chi connectivity index (χ0) is 18.6. The molecular formula is C14H9ClF3N3O3S. The van der Waals surface area contributed by atoms with Gasteiger partial charge in [-0.3, -0.25) is 14.9 Å². The molecule has 1 heterocycles. The van der Waals surface area contributed by atoms with Crippen LogP contribution in [0.15, 0.2) is 41.6 Å². The fourth-order valence-corrected chi connectivity index (χ4v) is 2.75. The number of aromatic nitrogens is 1. The van der Waals surface area contributed by atoms with E-state index < -0.39 is 33.9 Å². The molecule has 0 aliphatic rings. The van der Waals surface area contributed by atoms with Gasteiger partial charge < -0.3 is 5.32 Å². The van der Waals surface area contributed by atoms with Crippen molar-refractivity contribution < 1.29 is 22.9 Å². The van der Waals surface area contributed by atoms with E-state index in [0.29, 0.717) is 16.1 Å². The van der Waals surface area contributed by atoms with Gasteiger partial charge in [-0.25, -0.2) is 4.98 Å². The number of alkyl halides is 3. The average Bonchev–Trinajstić information content (AvgIpc) is 2.53. The maximum absolute atomic E-state index is 13.0. The standard InChI is InChI=1S/C14H9ClF3N3O3S/c15-10-2-1-5-19-13(10)25-7-12(22)20-11-4-3-8(21(23)24)6-9(11)14(16,17)18/h1-6H,7H2,(H,20,22). The fraction of sp³-hybridized carbons (Fsp3) is 0.143. The second kappa shape index (κ2) is 7.70. The second-order valence-electron chi connectivity index (χ2n) is 4.61. The number of carbonyl (C=O) groups excluding carboxylic acids is 1. The first-order valence-corrected chi connectivity index (χ1v) is 7.93. The van der Waals surface area contributed by atoms with Crippen molar-refractivity contribution >= 4 is 40.6 Å². The molecule has 6 nitrogen and oxygen atoms in total. The number of amides is 1. The van der Waals surface area contributed by atoms with Gasteiger partial charge in [-0.05, 0) is 18.2 Å². The van der Waals surface area contributed by atoms with Crippen LogP contribution < -0.4 is 5.32 Å². The summed E-state index contributed by atoms with van der Waals surface area (Å²) in [5.74, 6) is -0.962. The molecule has 1 aromatic heterocycles. The first-order valence-electron chi connectivity index (χ1n) is 6.57. The zero-order valence-corrected chi connectivity index (χ0v) is 13.8. The number of nitrogens with one attached hydrogen (secondary N) is 1. The number of benzene rings is 1. The van der Waals surface area contributed by atoms with Crippen molar-refractivity contribution in [2.45, 2.75) is 11.2 Å². The normalized spacial score (nSPS) is 11.2. The highest BCUT2D eigenvalue weighted by Crippen LogP contribution is 2.37. The number of anilines is 1. The third-order valence-corrected chi connectivity index (χ3v) is 4.28. The molecule has 2 aromatic rings. The van der Waals surface area contributed by atoms with Gasteiger partial charge in [0.1, 0.15) is 5.03 Å². The number of nitro benzene ring substituents is 1. The van der Waals surface area contributed by atoms with Gasteiger partial charge in [0, 0.05) is 18.3 Å². The van der Waals surface area contributed by atoms with Gasteiger partial charge in [0.05, 0.1) is 26.9 Å². The molecule has 0 spiro atoms. The molecule has 1 amide bonds. The Kier molecular flexibility index (Phi) is 5.85. The number of non-ortho nitro benzene ring substituents is 1. The molecule has 0 atom stereocenters. The minimum absolute atomic E-state index is 0.231. The van der Waals surface area contributed by atoms with Crippen LogP contribution in [0.4, 0.5) is 24.5 Å². The van der Waals surface area contributed by atoms with E-state index in [-0.39, 0.29) is 5.75 Å². The molecule has 2 rings (SSSR count). The molecule has 0 aliphatic heterocycles. The summed E-state index contributed by atoms with van der Waals surface area (Å²) in [5, 5.41) is 13.4. The van der Waals surface area contributed by atoms with Crippen molar-refractivity contribution in [2.24, 2.45) is 0 Å². The number of halogens is 4. The highest BCUT2D eigenvalue weighted by molar-refractivity contribution is 8.00. The van der Waals surface area contributed by atoms with Crippen LogP contribution in [0.5, 0.6) is 0 Å². The lowest BCUT2D eigenvalue weighted by atomic mass is 10.1. The molecule has 1 N–H and O–H groups in total. The molecule has 0 saturated carbocycles. The summed E-state index contributed by atoms with van der Waals surface area (Å²) in [6.07, 6.45) is -3.39.